The number of nitrogens with one attached hydrogen (secondary N) is 5. The Balaban J connectivity index is 1.83. The molecule has 0 saturated heterocycles. The van der Waals surface area contributed by atoms with Crippen LogP contribution in [0, 0.1) is 0 Å². The minimum absolute atomic E-state index is 0.120. The van der Waals surface area contributed by atoms with Crippen LogP contribution in [0.2, 0.25) is 0 Å². The highest BCUT2D eigenvalue weighted by molar-refractivity contribution is 5.90. The first-order valence-electron chi connectivity index (χ1n) is 13.9. The van der Waals surface area contributed by atoms with E-state index < -0.39 is 5.54 Å². The third-order valence-corrected chi connectivity index (χ3v) is 6.33. The number of hydrogen-bond acceptors (Lipinski definition) is 8. The molecule has 14 heteroatoms. The molecular formula is C26H44N8O6. The van der Waals surface area contributed by atoms with Crippen LogP contribution in [0.15, 0.2) is 0 Å². The van der Waals surface area contributed by atoms with E-state index in [1.165, 1.54) is 13.8 Å². The Kier molecular flexibility index (Phi) is 13.5. The molecule has 0 saturated carbocycles. The average Bonchev–Trinajstić information content (AvgIpc) is 3.24. The van der Waals surface area contributed by atoms with Gasteiger partial charge >= 0.3 is 0 Å². The van der Waals surface area contributed by atoms with Crippen LogP contribution in [0.25, 0.3) is 0 Å². The summed E-state index contributed by atoms with van der Waals surface area (Å²) in [4.78, 5) is 58.8. The zero-order chi connectivity index (χ0) is 29.5. The molecule has 14 nitrogen and oxygen atoms in total. The summed E-state index contributed by atoms with van der Waals surface area (Å²) in [6.07, 6.45) is 4.86. The number of nitrogens with zero attached hydrogens (tertiary/aromatic N) is 3. The lowest BCUT2D eigenvalue weighted by atomic mass is 9.98. The zero-order valence-electron chi connectivity index (χ0n) is 24.1. The molecule has 0 fully saturated rings. The first kappa shape index (κ1) is 32.7. The van der Waals surface area contributed by atoms with Crippen LogP contribution in [0.1, 0.15) is 83.7 Å². The second-order valence-corrected chi connectivity index (χ2v) is 10.4. The van der Waals surface area contributed by atoms with E-state index in [0.29, 0.717) is 32.6 Å². The summed E-state index contributed by atoms with van der Waals surface area (Å²) in [6, 6.07) is 0. The lowest BCUT2D eigenvalue weighted by Gasteiger charge is -2.24. The first-order chi connectivity index (χ1) is 19.0. The van der Waals surface area contributed by atoms with Crippen molar-refractivity contribution in [3.63, 3.8) is 0 Å². The number of carbonyl (C=O) groups is 5. The second-order valence-electron chi connectivity index (χ2n) is 10.4. The average molecular weight is 565 g/mol. The van der Waals surface area contributed by atoms with Crippen LogP contribution in [-0.4, -0.2) is 82.9 Å². The number of carbonyl (C=O) groups excluding carboxylic acids is 5. The van der Waals surface area contributed by atoms with Gasteiger partial charge in [-0.1, -0.05) is 18.1 Å². The molecule has 0 aromatic carbocycles. The normalized spacial score (nSPS) is 15.2. The predicted molar refractivity (Wildman–Crippen MR) is 146 cm³/mol. The molecule has 2 rings (SSSR count). The van der Waals surface area contributed by atoms with Gasteiger partial charge < -0.3 is 31.3 Å². The van der Waals surface area contributed by atoms with Gasteiger partial charge in [-0.3, -0.25) is 24.0 Å². The first-order valence-corrected chi connectivity index (χ1v) is 13.9. The van der Waals surface area contributed by atoms with E-state index in [2.05, 4.69) is 36.9 Å². The summed E-state index contributed by atoms with van der Waals surface area (Å²) >= 11 is 0. The van der Waals surface area contributed by atoms with E-state index in [9.17, 15) is 24.0 Å². The molecule has 0 spiro atoms. The zero-order valence-corrected chi connectivity index (χ0v) is 24.1. The Labute approximate surface area is 235 Å². The number of aryl methyl sites for hydroxylation is 2. The predicted octanol–water partition coefficient (Wildman–Crippen LogP) is -0.368. The van der Waals surface area contributed by atoms with Gasteiger partial charge in [0.15, 0.2) is 0 Å². The molecule has 224 valence electrons. The SMILES string of the molecule is CC(=O)NCCNC(=O)CCNC(=O)COC1CCCCCc2nnn(CCCNC(=O)C(C)(C)NC(C)=O)c21. The topological polar surface area (TPSA) is 185 Å². The highest BCUT2D eigenvalue weighted by atomic mass is 16.5. The minimum atomic E-state index is -1.01. The van der Waals surface area contributed by atoms with Crippen molar-refractivity contribution in [1.29, 1.82) is 0 Å². The van der Waals surface area contributed by atoms with Gasteiger partial charge in [-0.15, -0.1) is 5.10 Å². The van der Waals surface area contributed by atoms with Crippen molar-refractivity contribution >= 4 is 29.5 Å². The fraction of sp³-hybridized carbons (Fsp3) is 0.731. The van der Waals surface area contributed by atoms with Crippen LogP contribution in [-0.2, 0) is 41.7 Å². The molecule has 0 aliphatic heterocycles. The second kappa shape index (κ2) is 16.5. The largest absolute Gasteiger partial charge is 0.362 e. The van der Waals surface area contributed by atoms with Crippen molar-refractivity contribution < 1.29 is 28.7 Å². The number of ether oxygens (including phenoxy) is 1. The quantitative estimate of drug-likeness (QED) is 0.179. The van der Waals surface area contributed by atoms with Gasteiger partial charge in [0.2, 0.25) is 29.5 Å². The molecule has 0 radical (unpaired) electrons. The van der Waals surface area contributed by atoms with Crippen molar-refractivity contribution in [3.8, 4) is 0 Å². The van der Waals surface area contributed by atoms with E-state index in [1.54, 1.807) is 18.5 Å². The highest BCUT2D eigenvalue weighted by Crippen LogP contribution is 2.29. The Morgan fingerprint density at radius 1 is 0.900 bits per heavy atom. The smallest absolute Gasteiger partial charge is 0.246 e. The van der Waals surface area contributed by atoms with Gasteiger partial charge in [-0.25, -0.2) is 4.68 Å². The van der Waals surface area contributed by atoms with E-state index in [4.69, 9.17) is 4.74 Å². The molecule has 1 aromatic heterocycles. The summed E-state index contributed by atoms with van der Waals surface area (Å²) in [5, 5.41) is 22.1. The van der Waals surface area contributed by atoms with Gasteiger partial charge in [0.1, 0.15) is 18.2 Å². The van der Waals surface area contributed by atoms with Crippen molar-refractivity contribution in [2.45, 2.75) is 90.8 Å². The molecule has 5 N–H and O–H groups in total. The minimum Gasteiger partial charge on any atom is -0.362 e. The van der Waals surface area contributed by atoms with Crippen molar-refractivity contribution in [2.24, 2.45) is 0 Å². The molecule has 0 bridgehead atoms. The molecule has 1 atom stereocenters. The Morgan fingerprint density at radius 2 is 1.62 bits per heavy atom. The van der Waals surface area contributed by atoms with Crippen LogP contribution in [0.5, 0.6) is 0 Å². The number of amides is 5. The lowest BCUT2D eigenvalue weighted by molar-refractivity contribution is -0.131. The summed E-state index contributed by atoms with van der Waals surface area (Å²) in [5.41, 5.74) is 0.707. The maximum Gasteiger partial charge on any atom is 0.246 e. The van der Waals surface area contributed by atoms with Crippen molar-refractivity contribution in [2.75, 3.05) is 32.8 Å². The maximum absolute atomic E-state index is 12.4. The fourth-order valence-electron chi connectivity index (χ4n) is 4.37. The van der Waals surface area contributed by atoms with Gasteiger partial charge in [-0.05, 0) is 39.5 Å². The molecule has 1 aliphatic carbocycles. The standard InChI is InChI=1S/C26H44N8O6/c1-18(35)27-14-15-29-22(37)11-13-28-23(38)17-40-21-10-7-5-6-9-20-24(21)34(33-32-20)16-8-12-30-25(39)26(3,4)31-19(2)36/h21H,5-17H2,1-4H3,(H,27,35)(H,28,38)(H,29,37)(H,30,39)(H,31,36). The van der Waals surface area contributed by atoms with E-state index in [1.807, 2.05) is 0 Å². The van der Waals surface area contributed by atoms with Crippen LogP contribution in [0.4, 0.5) is 0 Å². The monoisotopic (exact) mass is 564 g/mol. The highest BCUT2D eigenvalue weighted by Gasteiger charge is 2.28. The van der Waals surface area contributed by atoms with Crippen LogP contribution in [0.3, 0.4) is 0 Å². The molecular weight excluding hydrogens is 520 g/mol. The van der Waals surface area contributed by atoms with Gasteiger partial charge in [0.25, 0.3) is 0 Å². The summed E-state index contributed by atoms with van der Waals surface area (Å²) in [6.45, 7) is 7.65. The van der Waals surface area contributed by atoms with Crippen molar-refractivity contribution in [3.05, 3.63) is 11.4 Å². The van der Waals surface area contributed by atoms with Crippen LogP contribution >= 0.6 is 0 Å². The van der Waals surface area contributed by atoms with E-state index in [0.717, 1.165) is 43.5 Å². The Morgan fingerprint density at radius 3 is 2.35 bits per heavy atom. The molecule has 1 heterocycles. The van der Waals surface area contributed by atoms with E-state index >= 15 is 0 Å². The molecule has 1 aliphatic rings. The molecule has 1 aromatic rings. The third kappa shape index (κ3) is 11.7. The van der Waals surface area contributed by atoms with Gasteiger partial charge in [0, 0.05) is 53.0 Å². The molecule has 1 unspecified atom stereocenters. The summed E-state index contributed by atoms with van der Waals surface area (Å²) in [7, 11) is 0. The third-order valence-electron chi connectivity index (χ3n) is 6.33. The van der Waals surface area contributed by atoms with Gasteiger partial charge in [-0.2, -0.15) is 0 Å². The maximum atomic E-state index is 12.4. The van der Waals surface area contributed by atoms with E-state index in [-0.39, 0.29) is 55.2 Å². The van der Waals surface area contributed by atoms with Crippen LogP contribution < -0.4 is 26.6 Å². The fourth-order valence-corrected chi connectivity index (χ4v) is 4.37. The Hall–Kier alpha value is -3.55. The molecule has 40 heavy (non-hydrogen) atoms. The number of aromatic nitrogens is 3. The van der Waals surface area contributed by atoms with Gasteiger partial charge in [0.05, 0.1) is 11.4 Å². The number of fused-ring (bicyclic) bond motifs is 1. The number of hydrogen-bond donors (Lipinski definition) is 5. The van der Waals surface area contributed by atoms with Crippen molar-refractivity contribution in [1.82, 2.24) is 41.6 Å². The molecule has 5 amide bonds. The lowest BCUT2D eigenvalue weighted by Crippen LogP contribution is -2.54. The number of rotatable bonds is 15. The summed E-state index contributed by atoms with van der Waals surface area (Å²) < 4.78 is 7.82. The Bertz CT molecular complexity index is 1020. The summed E-state index contributed by atoms with van der Waals surface area (Å²) in [5.74, 6) is -1.25.